The van der Waals surface area contributed by atoms with Crippen molar-refractivity contribution < 1.29 is 4.79 Å². The molecule has 0 atom stereocenters. The molecule has 0 spiro atoms. The molecule has 2 aromatic rings. The second-order valence-electron chi connectivity index (χ2n) is 4.76. The molecule has 0 aliphatic heterocycles. The minimum absolute atomic E-state index is 0.190. The van der Waals surface area contributed by atoms with Crippen molar-refractivity contribution in [3.63, 3.8) is 0 Å². The first-order valence-corrected chi connectivity index (χ1v) is 6.41. The van der Waals surface area contributed by atoms with Crippen LogP contribution in [0.1, 0.15) is 27.3 Å². The Hall–Kier alpha value is -2.43. The molecule has 0 radical (unpaired) electrons. The Morgan fingerprint density at radius 3 is 2.25 bits per heavy atom. The number of amides is 1. The molecule has 2 rings (SSSR count). The van der Waals surface area contributed by atoms with E-state index in [4.69, 9.17) is 0 Å². The first-order chi connectivity index (χ1) is 9.47. The largest absolute Gasteiger partial charge is 0.373 e. The number of rotatable bonds is 3. The topological polar surface area (TPSA) is 66.9 Å². The van der Waals surface area contributed by atoms with Crippen molar-refractivity contribution in [1.29, 1.82) is 0 Å². The van der Waals surface area contributed by atoms with E-state index in [0.29, 0.717) is 17.2 Å². The number of aryl methyl sites for hydroxylation is 3. The summed E-state index contributed by atoms with van der Waals surface area (Å²) in [6.07, 6.45) is 0. The maximum atomic E-state index is 12.3. The minimum atomic E-state index is -0.190. The van der Waals surface area contributed by atoms with Gasteiger partial charge in [0.15, 0.2) is 0 Å². The Labute approximate surface area is 118 Å². The molecule has 0 saturated carbocycles. The lowest BCUT2D eigenvalue weighted by Crippen LogP contribution is -2.14. The van der Waals surface area contributed by atoms with E-state index in [1.54, 1.807) is 19.2 Å². The van der Waals surface area contributed by atoms with Crippen LogP contribution in [0.5, 0.6) is 0 Å². The first kappa shape index (κ1) is 14.0. The summed E-state index contributed by atoms with van der Waals surface area (Å²) in [5.74, 6) is 1.04. The molecule has 0 unspecified atom stereocenters. The van der Waals surface area contributed by atoms with E-state index in [9.17, 15) is 4.79 Å². The quantitative estimate of drug-likeness (QED) is 0.900. The molecular formula is C15H18N4O. The number of carbonyl (C=O) groups excluding carboxylic acids is 1. The van der Waals surface area contributed by atoms with Crippen molar-refractivity contribution in [3.05, 3.63) is 46.8 Å². The van der Waals surface area contributed by atoms with Crippen LogP contribution < -0.4 is 10.6 Å². The lowest BCUT2D eigenvalue weighted by molar-refractivity contribution is 0.102. The number of nitrogens with one attached hydrogen (secondary N) is 2. The SMILES string of the molecule is CNc1cc(C(=O)Nc2cc(C)cc(C)n2)cc(C)n1. The maximum Gasteiger partial charge on any atom is 0.257 e. The fraction of sp³-hybridized carbons (Fsp3) is 0.267. The van der Waals surface area contributed by atoms with Crippen molar-refractivity contribution in [2.24, 2.45) is 0 Å². The summed E-state index contributed by atoms with van der Waals surface area (Å²) in [6, 6.07) is 7.27. The average molecular weight is 270 g/mol. The third kappa shape index (κ3) is 3.32. The van der Waals surface area contributed by atoms with Gasteiger partial charge in [0.25, 0.3) is 5.91 Å². The summed E-state index contributed by atoms with van der Waals surface area (Å²) >= 11 is 0. The highest BCUT2D eigenvalue weighted by molar-refractivity contribution is 6.04. The molecule has 0 fully saturated rings. The fourth-order valence-corrected chi connectivity index (χ4v) is 2.02. The molecule has 2 N–H and O–H groups in total. The molecule has 0 aliphatic rings. The molecular weight excluding hydrogens is 252 g/mol. The Kier molecular flexibility index (Phi) is 3.98. The number of hydrogen-bond acceptors (Lipinski definition) is 4. The van der Waals surface area contributed by atoms with E-state index >= 15 is 0 Å². The number of hydrogen-bond donors (Lipinski definition) is 2. The lowest BCUT2D eigenvalue weighted by atomic mass is 10.2. The zero-order chi connectivity index (χ0) is 14.7. The highest BCUT2D eigenvalue weighted by Crippen LogP contribution is 2.13. The van der Waals surface area contributed by atoms with Gasteiger partial charge in [0, 0.05) is 24.0 Å². The van der Waals surface area contributed by atoms with Gasteiger partial charge < -0.3 is 10.6 Å². The van der Waals surface area contributed by atoms with Gasteiger partial charge >= 0.3 is 0 Å². The molecule has 0 aromatic carbocycles. The highest BCUT2D eigenvalue weighted by Gasteiger charge is 2.09. The van der Waals surface area contributed by atoms with Crippen LogP contribution >= 0.6 is 0 Å². The zero-order valence-electron chi connectivity index (χ0n) is 12.1. The summed E-state index contributed by atoms with van der Waals surface area (Å²) < 4.78 is 0. The average Bonchev–Trinajstić information content (AvgIpc) is 2.36. The summed E-state index contributed by atoms with van der Waals surface area (Å²) in [6.45, 7) is 5.73. The molecule has 0 aliphatic carbocycles. The molecule has 2 aromatic heterocycles. The van der Waals surface area contributed by atoms with Crippen molar-refractivity contribution in [3.8, 4) is 0 Å². The molecule has 104 valence electrons. The van der Waals surface area contributed by atoms with E-state index in [1.807, 2.05) is 32.9 Å². The minimum Gasteiger partial charge on any atom is -0.373 e. The van der Waals surface area contributed by atoms with Gasteiger partial charge in [0.1, 0.15) is 11.6 Å². The van der Waals surface area contributed by atoms with Crippen LogP contribution in [0, 0.1) is 20.8 Å². The van der Waals surface area contributed by atoms with Gasteiger partial charge in [0.2, 0.25) is 0 Å². The lowest BCUT2D eigenvalue weighted by Gasteiger charge is -2.08. The number of aromatic nitrogens is 2. The van der Waals surface area contributed by atoms with Crippen LogP contribution in [0.4, 0.5) is 11.6 Å². The molecule has 0 saturated heterocycles. The standard InChI is InChI=1S/C15H18N4O/c1-9-5-10(2)18-14(6-9)19-15(20)12-7-11(3)17-13(8-12)16-4/h5-8H,1-4H3,(H,16,17)(H,18,19,20). The van der Waals surface area contributed by atoms with E-state index in [2.05, 4.69) is 20.6 Å². The molecule has 1 amide bonds. The van der Waals surface area contributed by atoms with E-state index in [-0.39, 0.29) is 5.91 Å². The predicted octanol–water partition coefficient (Wildman–Crippen LogP) is 2.70. The fourth-order valence-electron chi connectivity index (χ4n) is 2.02. The summed E-state index contributed by atoms with van der Waals surface area (Å²) in [5.41, 5.74) is 3.29. The van der Waals surface area contributed by atoms with E-state index in [1.165, 1.54) is 0 Å². The second-order valence-corrected chi connectivity index (χ2v) is 4.76. The van der Waals surface area contributed by atoms with Gasteiger partial charge in [-0.1, -0.05) is 0 Å². The van der Waals surface area contributed by atoms with Crippen LogP contribution in [-0.4, -0.2) is 22.9 Å². The van der Waals surface area contributed by atoms with Gasteiger partial charge in [-0.3, -0.25) is 4.79 Å². The van der Waals surface area contributed by atoms with E-state index < -0.39 is 0 Å². The Morgan fingerprint density at radius 2 is 1.60 bits per heavy atom. The van der Waals surface area contributed by atoms with Crippen molar-refractivity contribution >= 4 is 17.5 Å². The molecule has 2 heterocycles. The van der Waals surface area contributed by atoms with Crippen LogP contribution in [0.3, 0.4) is 0 Å². The maximum absolute atomic E-state index is 12.3. The van der Waals surface area contributed by atoms with Crippen molar-refractivity contribution in [1.82, 2.24) is 9.97 Å². The van der Waals surface area contributed by atoms with Gasteiger partial charge in [-0.15, -0.1) is 0 Å². The monoisotopic (exact) mass is 270 g/mol. The number of anilines is 2. The Balaban J connectivity index is 2.25. The van der Waals surface area contributed by atoms with E-state index in [0.717, 1.165) is 17.0 Å². The third-order valence-corrected chi connectivity index (χ3v) is 2.81. The molecule has 0 bridgehead atoms. The van der Waals surface area contributed by atoms with Gasteiger partial charge in [0.05, 0.1) is 0 Å². The van der Waals surface area contributed by atoms with Crippen LogP contribution in [0.2, 0.25) is 0 Å². The third-order valence-electron chi connectivity index (χ3n) is 2.81. The van der Waals surface area contributed by atoms with Gasteiger partial charge in [-0.2, -0.15) is 0 Å². The molecule has 20 heavy (non-hydrogen) atoms. The number of carbonyl (C=O) groups is 1. The Bertz CT molecular complexity index is 632. The normalized spacial score (nSPS) is 10.2. The van der Waals surface area contributed by atoms with Crippen LogP contribution in [-0.2, 0) is 0 Å². The molecule has 5 heteroatoms. The first-order valence-electron chi connectivity index (χ1n) is 6.41. The summed E-state index contributed by atoms with van der Waals surface area (Å²) in [4.78, 5) is 20.8. The van der Waals surface area contributed by atoms with Crippen molar-refractivity contribution in [2.45, 2.75) is 20.8 Å². The second kappa shape index (κ2) is 5.69. The predicted molar refractivity (Wildman–Crippen MR) is 80.2 cm³/mol. The summed E-state index contributed by atoms with van der Waals surface area (Å²) in [7, 11) is 1.77. The zero-order valence-corrected chi connectivity index (χ0v) is 12.1. The Morgan fingerprint density at radius 1 is 0.950 bits per heavy atom. The van der Waals surface area contributed by atoms with Gasteiger partial charge in [-0.25, -0.2) is 9.97 Å². The number of nitrogens with zero attached hydrogens (tertiary/aromatic N) is 2. The van der Waals surface area contributed by atoms with Crippen LogP contribution in [0.15, 0.2) is 24.3 Å². The highest BCUT2D eigenvalue weighted by atomic mass is 16.1. The van der Waals surface area contributed by atoms with Gasteiger partial charge in [-0.05, 0) is 50.6 Å². The summed E-state index contributed by atoms with van der Waals surface area (Å²) in [5, 5.41) is 5.75. The number of pyridine rings is 2. The van der Waals surface area contributed by atoms with Crippen LogP contribution in [0.25, 0.3) is 0 Å². The molecule has 5 nitrogen and oxygen atoms in total. The van der Waals surface area contributed by atoms with Crippen molar-refractivity contribution in [2.75, 3.05) is 17.7 Å². The smallest absolute Gasteiger partial charge is 0.257 e.